The van der Waals surface area contributed by atoms with Crippen LogP contribution < -0.4 is 4.57 Å². The van der Waals surface area contributed by atoms with Crippen molar-refractivity contribution < 1.29 is 9.67 Å². The number of phenolic OH excluding ortho intramolecular Hbond substituents is 1. The molecule has 0 atom stereocenters. The molecule has 0 bridgehead atoms. The van der Waals surface area contributed by atoms with Crippen molar-refractivity contribution in [3.63, 3.8) is 0 Å². The van der Waals surface area contributed by atoms with E-state index in [1.807, 2.05) is 22.8 Å². The highest BCUT2D eigenvalue weighted by molar-refractivity contribution is 5.76. The Balaban J connectivity index is 1.76. The molecule has 1 N–H and O–H groups in total. The molecule has 0 spiro atoms. The number of aromatic hydroxyl groups is 1. The molecule has 0 radical (unpaired) electrons. The summed E-state index contributed by atoms with van der Waals surface area (Å²) in [6.45, 7) is 13.1. The molecule has 0 amide bonds. The van der Waals surface area contributed by atoms with Gasteiger partial charge in [0.25, 0.3) is 6.33 Å². The van der Waals surface area contributed by atoms with Crippen LogP contribution in [0, 0.1) is 6.33 Å². The summed E-state index contributed by atoms with van der Waals surface area (Å²) in [6.07, 6.45) is 3.57. The molecule has 3 heteroatoms. The molecule has 1 heterocycles. The highest BCUT2D eigenvalue weighted by Gasteiger charge is 2.26. The van der Waals surface area contributed by atoms with E-state index in [1.54, 1.807) is 0 Å². The van der Waals surface area contributed by atoms with Gasteiger partial charge in [0, 0.05) is 0 Å². The van der Waals surface area contributed by atoms with Crippen LogP contribution in [0.4, 0.5) is 0 Å². The zero-order valence-electron chi connectivity index (χ0n) is 22.0. The lowest BCUT2D eigenvalue weighted by Crippen LogP contribution is -2.31. The zero-order chi connectivity index (χ0) is 25.7. The molecular weight excluding hydrogens is 440 g/mol. The summed E-state index contributed by atoms with van der Waals surface area (Å²) in [4.78, 5) is 0. The summed E-state index contributed by atoms with van der Waals surface area (Å²) in [6, 6.07) is 31.4. The third-order valence-electron chi connectivity index (χ3n) is 6.78. The summed E-state index contributed by atoms with van der Waals surface area (Å²) in [5.41, 5.74) is 7.97. The third kappa shape index (κ3) is 4.30. The van der Waals surface area contributed by atoms with E-state index in [4.69, 9.17) is 0 Å². The number of fused-ring (bicyclic) bond motifs is 1. The van der Waals surface area contributed by atoms with Crippen molar-refractivity contribution >= 4 is 11.0 Å². The van der Waals surface area contributed by atoms with Gasteiger partial charge in [-0.25, -0.2) is 0 Å². The Bertz CT molecular complexity index is 1550. The van der Waals surface area contributed by atoms with Gasteiger partial charge >= 0.3 is 0 Å². The van der Waals surface area contributed by atoms with Crippen LogP contribution in [0.2, 0.25) is 0 Å². The standard InChI is InChI=1S/C33H34N2O/c1-32(2,3)25-20-27(33(4,5)6)31(36)30(21-25)35-22-34(28-17-10-11-18-29(28)35)26-16-12-15-24(19-26)23-13-8-7-9-14-23/h7-21,36H,1-6H3. The van der Waals surface area contributed by atoms with E-state index in [0.29, 0.717) is 5.75 Å². The molecule has 0 unspecified atom stereocenters. The number of imidazole rings is 1. The maximum Gasteiger partial charge on any atom is 0.269 e. The molecule has 0 aliphatic rings. The van der Waals surface area contributed by atoms with Crippen molar-refractivity contribution in [2.75, 3.05) is 0 Å². The van der Waals surface area contributed by atoms with Crippen molar-refractivity contribution in [2.24, 2.45) is 0 Å². The van der Waals surface area contributed by atoms with Gasteiger partial charge in [0.15, 0.2) is 0 Å². The van der Waals surface area contributed by atoms with Gasteiger partial charge in [-0.3, -0.25) is 9.13 Å². The minimum absolute atomic E-state index is 0.0641. The number of rotatable bonds is 3. The molecular formula is C33H34N2O. The molecule has 0 aliphatic heterocycles. The molecule has 0 saturated heterocycles. The summed E-state index contributed by atoms with van der Waals surface area (Å²) >= 11 is 0. The quantitative estimate of drug-likeness (QED) is 0.211. The maximum absolute atomic E-state index is 11.6. The second-order valence-corrected chi connectivity index (χ2v) is 11.6. The van der Waals surface area contributed by atoms with Crippen LogP contribution in [-0.4, -0.2) is 9.67 Å². The van der Waals surface area contributed by atoms with Gasteiger partial charge < -0.3 is 5.11 Å². The van der Waals surface area contributed by atoms with Gasteiger partial charge in [-0.05, 0) is 51.3 Å². The number of phenols is 1. The number of para-hydroxylation sites is 2. The number of aromatic nitrogens is 2. The predicted octanol–water partition coefficient (Wildman–Crippen LogP) is 7.67. The highest BCUT2D eigenvalue weighted by Crippen LogP contribution is 2.38. The van der Waals surface area contributed by atoms with Gasteiger partial charge in [-0.2, -0.15) is 0 Å². The topological polar surface area (TPSA) is 29.0 Å². The van der Waals surface area contributed by atoms with Crippen molar-refractivity contribution in [1.82, 2.24) is 4.57 Å². The van der Waals surface area contributed by atoms with Crippen molar-refractivity contribution in [2.45, 2.75) is 52.4 Å². The van der Waals surface area contributed by atoms with Crippen molar-refractivity contribution in [3.8, 4) is 28.3 Å². The Morgan fingerprint density at radius 3 is 2.06 bits per heavy atom. The van der Waals surface area contributed by atoms with E-state index < -0.39 is 0 Å². The Morgan fingerprint density at radius 2 is 1.36 bits per heavy atom. The molecule has 0 fully saturated rings. The maximum atomic E-state index is 11.6. The summed E-state index contributed by atoms with van der Waals surface area (Å²) < 4.78 is 4.09. The Hall–Kier alpha value is -3.85. The Morgan fingerprint density at radius 1 is 0.694 bits per heavy atom. The number of hydrogen-bond donors (Lipinski definition) is 1. The first kappa shape index (κ1) is 23.9. The van der Waals surface area contributed by atoms with Crippen LogP contribution in [0.1, 0.15) is 52.7 Å². The van der Waals surface area contributed by atoms with Gasteiger partial charge in [0.2, 0.25) is 0 Å². The Labute approximate surface area is 214 Å². The first-order valence-corrected chi connectivity index (χ1v) is 12.5. The largest absolute Gasteiger partial charge is 0.511 e. The number of nitrogens with zero attached hydrogens (tertiary/aromatic N) is 2. The van der Waals surface area contributed by atoms with E-state index in [9.17, 15) is 5.11 Å². The van der Waals surface area contributed by atoms with E-state index >= 15 is 0 Å². The van der Waals surface area contributed by atoms with Crippen LogP contribution in [0.15, 0.2) is 91.0 Å². The predicted molar refractivity (Wildman–Crippen MR) is 148 cm³/mol. The average Bonchev–Trinajstić information content (AvgIpc) is 3.23. The third-order valence-corrected chi connectivity index (χ3v) is 6.78. The minimum atomic E-state index is -0.205. The van der Waals surface area contributed by atoms with Gasteiger partial charge in [0.05, 0.1) is 16.7 Å². The number of hydrogen-bond acceptors (Lipinski definition) is 1. The smallest absolute Gasteiger partial charge is 0.269 e. The number of benzene rings is 4. The van der Waals surface area contributed by atoms with Crippen LogP contribution in [0.5, 0.6) is 5.75 Å². The van der Waals surface area contributed by atoms with Gasteiger partial charge in [0.1, 0.15) is 11.4 Å². The molecule has 1 aromatic heterocycles. The van der Waals surface area contributed by atoms with Crippen LogP contribution >= 0.6 is 0 Å². The minimum Gasteiger partial charge on any atom is -0.511 e. The highest BCUT2D eigenvalue weighted by atomic mass is 16.3. The van der Waals surface area contributed by atoms with Gasteiger partial charge in [-0.1, -0.05) is 114 Å². The first-order valence-electron chi connectivity index (χ1n) is 12.5. The lowest BCUT2D eigenvalue weighted by atomic mass is 9.79. The lowest BCUT2D eigenvalue weighted by molar-refractivity contribution is -0.573. The molecule has 0 aliphatic carbocycles. The molecule has 3 nitrogen and oxygen atoms in total. The molecule has 5 rings (SSSR count). The van der Waals surface area contributed by atoms with E-state index in [1.165, 1.54) is 11.1 Å². The molecule has 4 aromatic carbocycles. The van der Waals surface area contributed by atoms with E-state index in [-0.39, 0.29) is 10.8 Å². The van der Waals surface area contributed by atoms with E-state index in [0.717, 1.165) is 33.5 Å². The van der Waals surface area contributed by atoms with Crippen LogP contribution in [-0.2, 0) is 10.8 Å². The van der Waals surface area contributed by atoms with Crippen molar-refractivity contribution in [1.29, 1.82) is 0 Å². The summed E-state index contributed by atoms with van der Waals surface area (Å²) in [7, 11) is 0. The summed E-state index contributed by atoms with van der Waals surface area (Å²) in [5.74, 6) is 0.303. The fraction of sp³-hybridized carbons (Fsp3) is 0.242. The fourth-order valence-electron chi connectivity index (χ4n) is 4.68. The normalized spacial score (nSPS) is 12.3. The monoisotopic (exact) mass is 474 g/mol. The lowest BCUT2D eigenvalue weighted by Gasteiger charge is -2.27. The Kier molecular flexibility index (Phi) is 5.75. The molecule has 36 heavy (non-hydrogen) atoms. The second kappa shape index (κ2) is 8.67. The van der Waals surface area contributed by atoms with E-state index in [2.05, 4.69) is 125 Å². The molecule has 0 saturated carbocycles. The first-order chi connectivity index (χ1) is 17.0. The summed E-state index contributed by atoms with van der Waals surface area (Å²) in [5, 5.41) is 11.6. The average molecular weight is 475 g/mol. The van der Waals surface area contributed by atoms with Crippen molar-refractivity contribution in [3.05, 3.63) is 108 Å². The van der Waals surface area contributed by atoms with Crippen LogP contribution in [0.3, 0.4) is 0 Å². The van der Waals surface area contributed by atoms with Crippen LogP contribution in [0.25, 0.3) is 33.5 Å². The van der Waals surface area contributed by atoms with Gasteiger partial charge in [-0.15, -0.1) is 0 Å². The fourth-order valence-corrected chi connectivity index (χ4v) is 4.68. The second-order valence-electron chi connectivity index (χ2n) is 11.6. The zero-order valence-corrected chi connectivity index (χ0v) is 22.0. The molecule has 182 valence electrons. The molecule has 5 aromatic rings. The SMILES string of the molecule is CC(C)(C)c1cc(-[n+]2[c-]n(-c3cccc(-c4ccccc4)c3)c3ccccc32)c(O)c(C(C)(C)C)c1.